The number of nitrogens with zero attached hydrogens (tertiary/aromatic N) is 4. The number of hydrogen-bond acceptors (Lipinski definition) is 5. The number of rotatable bonds is 7. The van der Waals surface area contributed by atoms with Crippen LogP contribution in [0.2, 0.25) is 0 Å². The maximum atomic E-state index is 12.4. The summed E-state index contributed by atoms with van der Waals surface area (Å²) in [6, 6.07) is 15.5. The van der Waals surface area contributed by atoms with E-state index in [1.54, 1.807) is 28.4 Å². The molecule has 0 saturated heterocycles. The highest BCUT2D eigenvalue weighted by atomic mass is 32.1. The number of nitrogens with one attached hydrogen (secondary N) is 1. The molecule has 7 heteroatoms. The number of aryl methyl sites for hydroxylation is 2. The Hall–Kier alpha value is -3.32. The van der Waals surface area contributed by atoms with Gasteiger partial charge in [-0.2, -0.15) is 5.10 Å². The molecule has 0 atom stereocenters. The zero-order chi connectivity index (χ0) is 20.1. The third kappa shape index (κ3) is 4.57. The number of carbonyl (C=O) groups is 1. The van der Waals surface area contributed by atoms with Crippen molar-refractivity contribution in [3.63, 3.8) is 0 Å². The first-order valence-corrected chi connectivity index (χ1v) is 10.3. The molecule has 0 bridgehead atoms. The van der Waals surface area contributed by atoms with Crippen molar-refractivity contribution in [1.29, 1.82) is 0 Å². The van der Waals surface area contributed by atoms with Crippen LogP contribution in [0.25, 0.3) is 16.9 Å². The summed E-state index contributed by atoms with van der Waals surface area (Å²) in [6.07, 6.45) is 5.19. The van der Waals surface area contributed by atoms with Crippen molar-refractivity contribution in [3.05, 3.63) is 82.7 Å². The van der Waals surface area contributed by atoms with E-state index in [2.05, 4.69) is 25.8 Å². The number of carbonyl (C=O) groups excluding carboxylic acids is 1. The first-order valence-electron chi connectivity index (χ1n) is 9.46. The fourth-order valence-electron chi connectivity index (χ4n) is 3.03. The molecule has 4 aromatic rings. The van der Waals surface area contributed by atoms with Gasteiger partial charge in [0.05, 0.1) is 16.4 Å². The van der Waals surface area contributed by atoms with Crippen molar-refractivity contribution in [2.75, 3.05) is 6.54 Å². The van der Waals surface area contributed by atoms with Crippen LogP contribution in [-0.4, -0.2) is 32.2 Å². The fraction of sp³-hybridized carbons (Fsp3) is 0.182. The smallest absolute Gasteiger partial charge is 0.271 e. The van der Waals surface area contributed by atoms with Gasteiger partial charge in [-0.05, 0) is 43.7 Å². The Morgan fingerprint density at radius 2 is 1.93 bits per heavy atom. The van der Waals surface area contributed by atoms with Crippen molar-refractivity contribution < 1.29 is 4.79 Å². The molecule has 0 aliphatic heterocycles. The van der Waals surface area contributed by atoms with E-state index in [4.69, 9.17) is 0 Å². The Labute approximate surface area is 173 Å². The Balaban J connectivity index is 1.29. The second kappa shape index (κ2) is 8.79. The van der Waals surface area contributed by atoms with E-state index < -0.39 is 0 Å². The van der Waals surface area contributed by atoms with Gasteiger partial charge in [0.1, 0.15) is 0 Å². The molecule has 1 amide bonds. The van der Waals surface area contributed by atoms with Crippen molar-refractivity contribution >= 4 is 17.2 Å². The second-order valence-corrected chi connectivity index (χ2v) is 7.58. The van der Waals surface area contributed by atoms with Crippen LogP contribution >= 0.6 is 11.3 Å². The molecule has 0 radical (unpaired) electrons. The summed E-state index contributed by atoms with van der Waals surface area (Å²) < 4.78 is 1.78. The standard InChI is InChI=1S/C22H21N5OS/c1-16-14-19(26-27(16)18-6-3-2-4-7-18)22(28)24-11-5-8-21-25-20(15-29-21)17-9-12-23-13-10-17/h2-4,6-7,9-10,12-15H,5,8,11H2,1H3,(H,24,28). The number of para-hydroxylation sites is 1. The minimum absolute atomic E-state index is 0.153. The summed E-state index contributed by atoms with van der Waals surface area (Å²) in [7, 11) is 0. The van der Waals surface area contributed by atoms with Crippen molar-refractivity contribution in [2.24, 2.45) is 0 Å². The molecule has 0 aliphatic rings. The lowest BCUT2D eigenvalue weighted by molar-refractivity contribution is 0.0948. The lowest BCUT2D eigenvalue weighted by atomic mass is 10.2. The number of pyridine rings is 1. The van der Waals surface area contributed by atoms with E-state index >= 15 is 0 Å². The maximum Gasteiger partial charge on any atom is 0.271 e. The number of amides is 1. The molecule has 4 rings (SSSR count). The molecule has 0 aliphatic carbocycles. The van der Waals surface area contributed by atoms with Crippen LogP contribution in [0.3, 0.4) is 0 Å². The molecule has 1 N–H and O–H groups in total. The molecule has 0 saturated carbocycles. The number of thiazole rings is 1. The third-order valence-corrected chi connectivity index (χ3v) is 5.41. The van der Waals surface area contributed by atoms with E-state index in [0.717, 1.165) is 40.5 Å². The maximum absolute atomic E-state index is 12.4. The van der Waals surface area contributed by atoms with E-state index in [-0.39, 0.29) is 5.91 Å². The van der Waals surface area contributed by atoms with Crippen LogP contribution in [0.1, 0.15) is 27.6 Å². The number of hydrogen-bond donors (Lipinski definition) is 1. The van der Waals surface area contributed by atoms with Gasteiger partial charge in [-0.3, -0.25) is 9.78 Å². The Morgan fingerprint density at radius 1 is 1.14 bits per heavy atom. The average Bonchev–Trinajstić information content (AvgIpc) is 3.39. The van der Waals surface area contributed by atoms with Gasteiger partial charge in [0.2, 0.25) is 0 Å². The van der Waals surface area contributed by atoms with Crippen LogP contribution in [-0.2, 0) is 6.42 Å². The van der Waals surface area contributed by atoms with Gasteiger partial charge < -0.3 is 5.32 Å². The highest BCUT2D eigenvalue weighted by Gasteiger charge is 2.13. The summed E-state index contributed by atoms with van der Waals surface area (Å²) in [5, 5.41) is 10.5. The Bertz CT molecular complexity index is 1090. The second-order valence-electron chi connectivity index (χ2n) is 6.64. The van der Waals surface area contributed by atoms with Crippen LogP contribution in [0.4, 0.5) is 0 Å². The monoisotopic (exact) mass is 403 g/mol. The molecule has 0 fully saturated rings. The molecule has 146 valence electrons. The Morgan fingerprint density at radius 3 is 2.72 bits per heavy atom. The van der Waals surface area contributed by atoms with Gasteiger partial charge >= 0.3 is 0 Å². The molecule has 1 aromatic carbocycles. The lowest BCUT2D eigenvalue weighted by Crippen LogP contribution is -2.25. The number of aromatic nitrogens is 4. The SMILES string of the molecule is Cc1cc(C(=O)NCCCc2nc(-c3ccncc3)cs2)nn1-c1ccccc1. The topological polar surface area (TPSA) is 72.7 Å². The molecular formula is C22H21N5OS. The van der Waals surface area contributed by atoms with Crippen LogP contribution in [0, 0.1) is 6.92 Å². The molecule has 6 nitrogen and oxygen atoms in total. The van der Waals surface area contributed by atoms with Gasteiger partial charge in [0.25, 0.3) is 5.91 Å². The summed E-state index contributed by atoms with van der Waals surface area (Å²) >= 11 is 1.64. The molecule has 0 unspecified atom stereocenters. The molecular weight excluding hydrogens is 382 g/mol. The van der Waals surface area contributed by atoms with Crippen LogP contribution < -0.4 is 5.32 Å². The van der Waals surface area contributed by atoms with Crippen LogP contribution in [0.5, 0.6) is 0 Å². The van der Waals surface area contributed by atoms with Crippen molar-refractivity contribution in [1.82, 2.24) is 25.1 Å². The molecule has 3 heterocycles. The minimum Gasteiger partial charge on any atom is -0.351 e. The average molecular weight is 404 g/mol. The highest BCUT2D eigenvalue weighted by Crippen LogP contribution is 2.21. The largest absolute Gasteiger partial charge is 0.351 e. The minimum atomic E-state index is -0.153. The lowest BCUT2D eigenvalue weighted by Gasteiger charge is -2.03. The molecule has 29 heavy (non-hydrogen) atoms. The summed E-state index contributed by atoms with van der Waals surface area (Å²) in [6.45, 7) is 2.53. The van der Waals surface area contributed by atoms with Gasteiger partial charge in [-0.25, -0.2) is 9.67 Å². The van der Waals surface area contributed by atoms with E-state index in [1.165, 1.54) is 0 Å². The van der Waals surface area contributed by atoms with Crippen molar-refractivity contribution in [2.45, 2.75) is 19.8 Å². The van der Waals surface area contributed by atoms with E-state index in [0.29, 0.717) is 12.2 Å². The van der Waals surface area contributed by atoms with E-state index in [1.807, 2.05) is 55.5 Å². The molecule has 0 spiro atoms. The highest BCUT2D eigenvalue weighted by molar-refractivity contribution is 7.09. The predicted molar refractivity (Wildman–Crippen MR) is 114 cm³/mol. The summed E-state index contributed by atoms with van der Waals surface area (Å²) in [5.41, 5.74) is 4.34. The Kier molecular flexibility index (Phi) is 5.76. The van der Waals surface area contributed by atoms with Gasteiger partial charge in [-0.15, -0.1) is 11.3 Å². The van der Waals surface area contributed by atoms with Gasteiger partial charge in [0.15, 0.2) is 5.69 Å². The quantitative estimate of drug-likeness (QED) is 0.472. The third-order valence-electron chi connectivity index (χ3n) is 4.50. The first-order chi connectivity index (χ1) is 14.2. The van der Waals surface area contributed by atoms with Crippen LogP contribution in [0.15, 0.2) is 66.3 Å². The zero-order valence-electron chi connectivity index (χ0n) is 16.1. The van der Waals surface area contributed by atoms with Gasteiger partial charge in [0, 0.05) is 42.0 Å². The first kappa shape index (κ1) is 19.0. The normalized spacial score (nSPS) is 10.8. The fourth-order valence-corrected chi connectivity index (χ4v) is 3.88. The predicted octanol–water partition coefficient (Wildman–Crippen LogP) is 4.06. The summed E-state index contributed by atoms with van der Waals surface area (Å²) in [5.74, 6) is -0.153. The van der Waals surface area contributed by atoms with E-state index in [9.17, 15) is 4.79 Å². The number of benzene rings is 1. The van der Waals surface area contributed by atoms with Gasteiger partial charge in [-0.1, -0.05) is 18.2 Å². The molecule has 3 aromatic heterocycles. The zero-order valence-corrected chi connectivity index (χ0v) is 16.9. The van der Waals surface area contributed by atoms with Crippen molar-refractivity contribution in [3.8, 4) is 16.9 Å². The summed E-state index contributed by atoms with van der Waals surface area (Å²) in [4.78, 5) is 21.1.